The van der Waals surface area contributed by atoms with E-state index in [4.69, 9.17) is 0 Å². The maximum Gasteiger partial charge on any atom is 0.163 e. The van der Waals surface area contributed by atoms with Gasteiger partial charge in [0.15, 0.2) is 5.78 Å². The van der Waals surface area contributed by atoms with Crippen molar-refractivity contribution < 1.29 is 4.79 Å². The van der Waals surface area contributed by atoms with Crippen molar-refractivity contribution >= 4 is 5.78 Å². The van der Waals surface area contributed by atoms with Crippen molar-refractivity contribution in [2.75, 3.05) is 0 Å². The predicted octanol–water partition coefficient (Wildman–Crippen LogP) is 4.74. The van der Waals surface area contributed by atoms with Gasteiger partial charge in [-0.3, -0.25) is 4.79 Å². The molecule has 0 fully saturated rings. The van der Waals surface area contributed by atoms with Gasteiger partial charge in [-0.15, -0.1) is 0 Å². The van der Waals surface area contributed by atoms with E-state index in [1.165, 1.54) is 22.3 Å². The van der Waals surface area contributed by atoms with Crippen LogP contribution in [-0.4, -0.2) is 5.78 Å². The summed E-state index contributed by atoms with van der Waals surface area (Å²) in [5.74, 6) is 0.242. The van der Waals surface area contributed by atoms with E-state index in [-0.39, 0.29) is 5.78 Å². The second-order valence-corrected chi connectivity index (χ2v) is 5.60. The van der Waals surface area contributed by atoms with Gasteiger partial charge in [0.1, 0.15) is 0 Å². The fraction of sp³-hybridized carbons (Fsp3) is 0.316. The Hall–Kier alpha value is -1.89. The highest BCUT2D eigenvalue weighted by atomic mass is 16.1. The molecule has 0 atom stereocenters. The van der Waals surface area contributed by atoms with Crippen molar-refractivity contribution in [2.24, 2.45) is 0 Å². The zero-order valence-corrected chi connectivity index (χ0v) is 12.8. The van der Waals surface area contributed by atoms with Gasteiger partial charge >= 0.3 is 0 Å². The summed E-state index contributed by atoms with van der Waals surface area (Å²) in [6.45, 7) is 8.29. The molecule has 20 heavy (non-hydrogen) atoms. The summed E-state index contributed by atoms with van der Waals surface area (Å²) in [4.78, 5) is 12.4. The van der Waals surface area contributed by atoms with Crippen molar-refractivity contribution in [3.63, 3.8) is 0 Å². The minimum absolute atomic E-state index is 0.242. The summed E-state index contributed by atoms with van der Waals surface area (Å²) in [7, 11) is 0. The number of rotatable bonds is 4. The maximum atomic E-state index is 12.4. The number of benzene rings is 2. The average Bonchev–Trinajstić information content (AvgIpc) is 2.40. The van der Waals surface area contributed by atoms with Gasteiger partial charge in [-0.2, -0.15) is 0 Å². The summed E-state index contributed by atoms with van der Waals surface area (Å²) < 4.78 is 0. The van der Waals surface area contributed by atoms with E-state index in [0.717, 1.165) is 17.5 Å². The monoisotopic (exact) mass is 266 g/mol. The van der Waals surface area contributed by atoms with Crippen LogP contribution >= 0.6 is 0 Å². The van der Waals surface area contributed by atoms with Gasteiger partial charge in [-0.1, -0.05) is 42.0 Å². The molecule has 0 saturated heterocycles. The molecule has 2 aromatic carbocycles. The van der Waals surface area contributed by atoms with Gasteiger partial charge in [0.2, 0.25) is 0 Å². The fourth-order valence-corrected chi connectivity index (χ4v) is 2.56. The van der Waals surface area contributed by atoms with Crippen molar-refractivity contribution in [2.45, 2.75) is 40.5 Å². The summed E-state index contributed by atoms with van der Waals surface area (Å²) in [5.41, 5.74) is 6.98. The Labute approximate surface area is 121 Å². The second kappa shape index (κ2) is 6.04. The molecule has 0 radical (unpaired) electrons. The summed E-state index contributed by atoms with van der Waals surface area (Å²) in [6, 6.07) is 12.4. The van der Waals surface area contributed by atoms with Crippen LogP contribution in [-0.2, 0) is 6.42 Å². The fourth-order valence-electron chi connectivity index (χ4n) is 2.56. The third kappa shape index (κ3) is 3.16. The molecule has 0 spiro atoms. The number of Topliss-reactive ketones (excluding diaryl/α,β-unsaturated/α-hetero) is 1. The van der Waals surface area contributed by atoms with Crippen LogP contribution in [0.2, 0.25) is 0 Å². The molecule has 0 aliphatic heterocycles. The molecule has 0 aromatic heterocycles. The van der Waals surface area contributed by atoms with Crippen molar-refractivity contribution in [1.82, 2.24) is 0 Å². The Morgan fingerprint density at radius 2 is 1.70 bits per heavy atom. The maximum absolute atomic E-state index is 12.4. The smallest absolute Gasteiger partial charge is 0.163 e. The number of aryl methyl sites for hydroxylation is 4. The minimum Gasteiger partial charge on any atom is -0.294 e. The van der Waals surface area contributed by atoms with Crippen LogP contribution in [0.25, 0.3) is 0 Å². The lowest BCUT2D eigenvalue weighted by Gasteiger charge is -2.09. The molecule has 1 heteroatoms. The summed E-state index contributed by atoms with van der Waals surface area (Å²) >= 11 is 0. The number of hydrogen-bond donors (Lipinski definition) is 0. The van der Waals surface area contributed by atoms with Crippen LogP contribution in [0, 0.1) is 27.7 Å². The second-order valence-electron chi connectivity index (χ2n) is 5.60. The van der Waals surface area contributed by atoms with Crippen LogP contribution in [0.3, 0.4) is 0 Å². The average molecular weight is 266 g/mol. The minimum atomic E-state index is 0.242. The van der Waals surface area contributed by atoms with Crippen molar-refractivity contribution in [1.29, 1.82) is 0 Å². The SMILES string of the molecule is Cc1ccc(CCC(=O)c2cccc(C)c2C)c(C)c1. The Balaban J connectivity index is 2.11. The first kappa shape index (κ1) is 14.5. The highest BCUT2D eigenvalue weighted by Gasteiger charge is 2.11. The Bertz CT molecular complexity index is 638. The van der Waals surface area contributed by atoms with E-state index in [9.17, 15) is 4.79 Å². The molecule has 2 aromatic rings. The third-order valence-electron chi connectivity index (χ3n) is 4.02. The summed E-state index contributed by atoms with van der Waals surface area (Å²) in [5, 5.41) is 0. The number of hydrogen-bond acceptors (Lipinski definition) is 1. The molecule has 0 heterocycles. The quantitative estimate of drug-likeness (QED) is 0.731. The van der Waals surface area contributed by atoms with E-state index < -0.39 is 0 Å². The first-order chi connectivity index (χ1) is 9.49. The highest BCUT2D eigenvalue weighted by molar-refractivity contribution is 5.97. The third-order valence-corrected chi connectivity index (χ3v) is 4.02. The molecular weight excluding hydrogens is 244 g/mol. The molecule has 0 aliphatic rings. The van der Waals surface area contributed by atoms with Gasteiger partial charge in [0.25, 0.3) is 0 Å². The first-order valence-electron chi connectivity index (χ1n) is 7.14. The molecule has 0 aliphatic carbocycles. The van der Waals surface area contributed by atoms with Crippen LogP contribution in [0.4, 0.5) is 0 Å². The lowest BCUT2D eigenvalue weighted by Crippen LogP contribution is -2.05. The van der Waals surface area contributed by atoms with Crippen LogP contribution in [0.15, 0.2) is 36.4 Å². The molecule has 104 valence electrons. The Morgan fingerprint density at radius 1 is 0.950 bits per heavy atom. The van der Waals surface area contributed by atoms with Gasteiger partial charge in [-0.05, 0) is 56.4 Å². The number of carbonyl (C=O) groups is 1. The lowest BCUT2D eigenvalue weighted by atomic mass is 9.95. The van der Waals surface area contributed by atoms with Crippen molar-refractivity contribution in [3.8, 4) is 0 Å². The zero-order valence-electron chi connectivity index (χ0n) is 12.8. The van der Waals surface area contributed by atoms with E-state index in [0.29, 0.717) is 6.42 Å². The van der Waals surface area contributed by atoms with Crippen LogP contribution < -0.4 is 0 Å². The van der Waals surface area contributed by atoms with Crippen LogP contribution in [0.5, 0.6) is 0 Å². The Kier molecular flexibility index (Phi) is 4.39. The van der Waals surface area contributed by atoms with Gasteiger partial charge in [0.05, 0.1) is 0 Å². The summed E-state index contributed by atoms with van der Waals surface area (Å²) in [6.07, 6.45) is 1.40. The van der Waals surface area contributed by atoms with Gasteiger partial charge < -0.3 is 0 Å². The normalized spacial score (nSPS) is 10.6. The predicted molar refractivity (Wildman–Crippen MR) is 84.5 cm³/mol. The molecule has 2 rings (SSSR count). The largest absolute Gasteiger partial charge is 0.294 e. The van der Waals surface area contributed by atoms with E-state index in [1.807, 2.05) is 19.1 Å². The van der Waals surface area contributed by atoms with Crippen molar-refractivity contribution in [3.05, 3.63) is 69.8 Å². The number of ketones is 1. The topological polar surface area (TPSA) is 17.1 Å². The molecule has 0 bridgehead atoms. The van der Waals surface area contributed by atoms with Crippen LogP contribution in [0.1, 0.15) is 44.6 Å². The lowest BCUT2D eigenvalue weighted by molar-refractivity contribution is 0.0982. The molecule has 0 amide bonds. The highest BCUT2D eigenvalue weighted by Crippen LogP contribution is 2.17. The zero-order chi connectivity index (χ0) is 14.7. The van der Waals surface area contributed by atoms with E-state index in [1.54, 1.807) is 0 Å². The standard InChI is InChI=1S/C19H22O/c1-13-8-9-17(15(3)12-13)10-11-19(20)18-7-5-6-14(2)16(18)4/h5-9,12H,10-11H2,1-4H3. The van der Waals surface area contributed by atoms with Gasteiger partial charge in [-0.25, -0.2) is 0 Å². The molecular formula is C19H22O. The van der Waals surface area contributed by atoms with Gasteiger partial charge in [0, 0.05) is 12.0 Å². The molecule has 0 saturated carbocycles. The van der Waals surface area contributed by atoms with E-state index in [2.05, 4.69) is 45.0 Å². The Morgan fingerprint density at radius 3 is 2.40 bits per heavy atom. The first-order valence-corrected chi connectivity index (χ1v) is 7.14. The molecule has 0 N–H and O–H groups in total. The number of carbonyl (C=O) groups excluding carboxylic acids is 1. The molecule has 0 unspecified atom stereocenters. The van der Waals surface area contributed by atoms with E-state index >= 15 is 0 Å². The molecule has 1 nitrogen and oxygen atoms in total.